The van der Waals surface area contributed by atoms with Crippen molar-refractivity contribution in [2.24, 2.45) is 11.7 Å². The Morgan fingerprint density at radius 2 is 1.93 bits per heavy atom. The number of hydrogen-bond acceptors (Lipinski definition) is 1. The van der Waals surface area contributed by atoms with Crippen molar-refractivity contribution >= 4 is 11.6 Å². The second kappa shape index (κ2) is 5.47. The van der Waals surface area contributed by atoms with Crippen LogP contribution in [0.2, 0.25) is 5.02 Å². The third-order valence-corrected chi connectivity index (χ3v) is 3.22. The molecule has 1 rings (SSSR count). The highest BCUT2D eigenvalue weighted by Gasteiger charge is 2.21. The summed E-state index contributed by atoms with van der Waals surface area (Å²) in [6, 6.07) is 4.38. The molecule has 0 amide bonds. The molecular formula is C12H17ClFN. The fourth-order valence-corrected chi connectivity index (χ4v) is 2.15. The predicted octanol–water partition coefficient (Wildman–Crippen LogP) is 3.92. The second-order valence-electron chi connectivity index (χ2n) is 3.74. The van der Waals surface area contributed by atoms with Gasteiger partial charge >= 0.3 is 0 Å². The first-order valence-electron chi connectivity index (χ1n) is 5.31. The van der Waals surface area contributed by atoms with E-state index in [0.717, 1.165) is 12.8 Å². The summed E-state index contributed by atoms with van der Waals surface area (Å²) >= 11 is 5.96. The molecule has 1 unspecified atom stereocenters. The van der Waals surface area contributed by atoms with E-state index in [0.29, 0.717) is 10.6 Å². The van der Waals surface area contributed by atoms with Crippen LogP contribution in [0.3, 0.4) is 0 Å². The summed E-state index contributed by atoms with van der Waals surface area (Å²) in [5, 5.41) is 0.425. The molecule has 0 bridgehead atoms. The Bertz CT molecular complexity index is 303. The van der Waals surface area contributed by atoms with Crippen LogP contribution in [0.4, 0.5) is 4.39 Å². The average molecular weight is 230 g/mol. The minimum absolute atomic E-state index is 0.277. The van der Waals surface area contributed by atoms with E-state index in [1.165, 1.54) is 6.07 Å². The minimum atomic E-state index is -0.311. The summed E-state index contributed by atoms with van der Waals surface area (Å²) in [6.07, 6.45) is 1.87. The lowest BCUT2D eigenvalue weighted by atomic mass is 9.89. The zero-order chi connectivity index (χ0) is 11.4. The maximum atomic E-state index is 13.6. The van der Waals surface area contributed by atoms with Crippen molar-refractivity contribution in [1.82, 2.24) is 0 Å². The van der Waals surface area contributed by atoms with E-state index in [-0.39, 0.29) is 17.8 Å². The monoisotopic (exact) mass is 229 g/mol. The maximum absolute atomic E-state index is 13.6. The number of rotatable bonds is 4. The molecule has 0 saturated carbocycles. The molecule has 3 heteroatoms. The van der Waals surface area contributed by atoms with Crippen molar-refractivity contribution in [3.8, 4) is 0 Å². The SMILES string of the molecule is CCC(CC)C(N)c1c(F)cccc1Cl. The summed E-state index contributed by atoms with van der Waals surface area (Å²) in [6.45, 7) is 4.12. The van der Waals surface area contributed by atoms with Gasteiger partial charge < -0.3 is 5.73 Å². The van der Waals surface area contributed by atoms with E-state index < -0.39 is 0 Å². The van der Waals surface area contributed by atoms with Gasteiger partial charge in [0.1, 0.15) is 5.82 Å². The van der Waals surface area contributed by atoms with Crippen LogP contribution in [0.5, 0.6) is 0 Å². The molecule has 0 fully saturated rings. The van der Waals surface area contributed by atoms with E-state index in [2.05, 4.69) is 13.8 Å². The second-order valence-corrected chi connectivity index (χ2v) is 4.14. The predicted molar refractivity (Wildman–Crippen MR) is 62.4 cm³/mol. The van der Waals surface area contributed by atoms with Crippen molar-refractivity contribution in [1.29, 1.82) is 0 Å². The molecule has 0 aromatic heterocycles. The molecule has 84 valence electrons. The van der Waals surface area contributed by atoms with Gasteiger partial charge in [-0.3, -0.25) is 0 Å². The minimum Gasteiger partial charge on any atom is -0.324 e. The Kier molecular flexibility index (Phi) is 4.55. The molecular weight excluding hydrogens is 213 g/mol. The molecule has 0 spiro atoms. The van der Waals surface area contributed by atoms with Gasteiger partial charge in [-0.1, -0.05) is 44.4 Å². The first-order chi connectivity index (χ1) is 7.11. The third kappa shape index (κ3) is 2.70. The van der Waals surface area contributed by atoms with Gasteiger partial charge in [0.2, 0.25) is 0 Å². The van der Waals surface area contributed by atoms with Crippen molar-refractivity contribution in [3.05, 3.63) is 34.6 Å². The standard InChI is InChI=1S/C12H17ClFN/c1-3-8(4-2)12(15)11-9(13)6-5-7-10(11)14/h5-8,12H,3-4,15H2,1-2H3. The van der Waals surface area contributed by atoms with Crippen molar-refractivity contribution in [2.45, 2.75) is 32.7 Å². The third-order valence-electron chi connectivity index (χ3n) is 2.89. The zero-order valence-corrected chi connectivity index (χ0v) is 9.89. The van der Waals surface area contributed by atoms with Crippen molar-refractivity contribution < 1.29 is 4.39 Å². The highest BCUT2D eigenvalue weighted by atomic mass is 35.5. The molecule has 0 aliphatic rings. The molecule has 1 aromatic rings. The van der Waals surface area contributed by atoms with Crippen LogP contribution in [-0.2, 0) is 0 Å². The number of halogens is 2. The molecule has 0 radical (unpaired) electrons. The first-order valence-corrected chi connectivity index (χ1v) is 5.69. The fourth-order valence-electron chi connectivity index (χ4n) is 1.86. The van der Waals surface area contributed by atoms with Gasteiger partial charge in [0.15, 0.2) is 0 Å². The molecule has 0 aliphatic carbocycles. The first kappa shape index (κ1) is 12.5. The summed E-state index contributed by atoms with van der Waals surface area (Å²) in [7, 11) is 0. The smallest absolute Gasteiger partial charge is 0.129 e. The van der Waals surface area contributed by atoms with E-state index in [4.69, 9.17) is 17.3 Å². The van der Waals surface area contributed by atoms with Crippen LogP contribution in [0.15, 0.2) is 18.2 Å². The topological polar surface area (TPSA) is 26.0 Å². The Morgan fingerprint density at radius 1 is 1.33 bits per heavy atom. The number of nitrogens with two attached hydrogens (primary N) is 1. The van der Waals surface area contributed by atoms with Crippen molar-refractivity contribution in [2.75, 3.05) is 0 Å². The molecule has 0 heterocycles. The van der Waals surface area contributed by atoms with Gasteiger partial charge in [-0.2, -0.15) is 0 Å². The lowest BCUT2D eigenvalue weighted by Crippen LogP contribution is -2.22. The fraction of sp³-hybridized carbons (Fsp3) is 0.500. The maximum Gasteiger partial charge on any atom is 0.129 e. The van der Waals surface area contributed by atoms with Crippen molar-refractivity contribution in [3.63, 3.8) is 0 Å². The van der Waals surface area contributed by atoms with Crippen LogP contribution in [0.1, 0.15) is 38.3 Å². The average Bonchev–Trinajstić information content (AvgIpc) is 2.19. The number of hydrogen-bond donors (Lipinski definition) is 1. The van der Waals surface area contributed by atoms with Crippen LogP contribution >= 0.6 is 11.6 Å². The van der Waals surface area contributed by atoms with Crippen LogP contribution in [0.25, 0.3) is 0 Å². The number of benzene rings is 1. The van der Waals surface area contributed by atoms with Gasteiger partial charge in [0.05, 0.1) is 0 Å². The van der Waals surface area contributed by atoms with Gasteiger partial charge in [0, 0.05) is 16.6 Å². The molecule has 0 saturated heterocycles. The van der Waals surface area contributed by atoms with E-state index in [1.54, 1.807) is 12.1 Å². The summed E-state index contributed by atoms with van der Waals surface area (Å²) in [5.74, 6) is -0.0266. The van der Waals surface area contributed by atoms with Gasteiger partial charge in [-0.05, 0) is 18.1 Å². The van der Waals surface area contributed by atoms with E-state index in [1.807, 2.05) is 0 Å². The van der Waals surface area contributed by atoms with E-state index >= 15 is 0 Å². The lowest BCUT2D eigenvalue weighted by molar-refractivity contribution is 0.394. The Hall–Kier alpha value is -0.600. The van der Waals surface area contributed by atoms with Gasteiger partial charge in [0.25, 0.3) is 0 Å². The Morgan fingerprint density at radius 3 is 2.40 bits per heavy atom. The summed E-state index contributed by atoms with van der Waals surface area (Å²) < 4.78 is 13.6. The normalized spacial score (nSPS) is 13.2. The Balaban J connectivity index is 3.04. The van der Waals surface area contributed by atoms with Gasteiger partial charge in [-0.15, -0.1) is 0 Å². The molecule has 0 aliphatic heterocycles. The van der Waals surface area contributed by atoms with Crippen LogP contribution in [-0.4, -0.2) is 0 Å². The Labute approximate surface area is 95.4 Å². The molecule has 1 aromatic carbocycles. The molecule has 2 N–H and O–H groups in total. The zero-order valence-electron chi connectivity index (χ0n) is 9.13. The lowest BCUT2D eigenvalue weighted by Gasteiger charge is -2.22. The molecule has 15 heavy (non-hydrogen) atoms. The summed E-state index contributed by atoms with van der Waals surface area (Å²) in [4.78, 5) is 0. The molecule has 1 nitrogen and oxygen atoms in total. The largest absolute Gasteiger partial charge is 0.324 e. The highest BCUT2D eigenvalue weighted by Crippen LogP contribution is 2.31. The van der Waals surface area contributed by atoms with Crippen LogP contribution in [0, 0.1) is 11.7 Å². The molecule has 1 atom stereocenters. The summed E-state index contributed by atoms with van der Waals surface area (Å²) in [5.41, 5.74) is 6.49. The quantitative estimate of drug-likeness (QED) is 0.832. The van der Waals surface area contributed by atoms with Crippen LogP contribution < -0.4 is 5.73 Å². The van der Waals surface area contributed by atoms with Gasteiger partial charge in [-0.25, -0.2) is 4.39 Å². The van der Waals surface area contributed by atoms with E-state index in [9.17, 15) is 4.39 Å². The highest BCUT2D eigenvalue weighted by molar-refractivity contribution is 6.31.